The molecule has 290 valence electrons. The standard InChI is InChI=1S/C37H42F6N8O3/c38-36(39,40)26-18-22(19-27(31(26)44)37(41,42)43)20-29(33(52)49-14-8-23(9-15-49)48-12-4-1-5-13-48)46-34(53)50-16-10-24(11-17-50)51-30-21-45-28-7-3-2-6-25(28)32(30)47-35(51)54/h2-3,6-7,18-19,21,23-24,29H,1,4-5,8-17,20,44H2,(H,46,53)(H,47,54)/t29-/m1/s1. The number of fused-ring (bicyclic) bond motifs is 3. The van der Waals surface area contributed by atoms with Crippen LogP contribution in [0.2, 0.25) is 0 Å². The predicted molar refractivity (Wildman–Crippen MR) is 190 cm³/mol. The highest BCUT2D eigenvalue weighted by Crippen LogP contribution is 2.42. The molecule has 1 atom stereocenters. The lowest BCUT2D eigenvalue weighted by Crippen LogP contribution is -2.56. The van der Waals surface area contributed by atoms with Gasteiger partial charge < -0.3 is 30.7 Å². The predicted octanol–water partition coefficient (Wildman–Crippen LogP) is 5.93. The summed E-state index contributed by atoms with van der Waals surface area (Å²) in [6.07, 6.45) is -3.95. The van der Waals surface area contributed by atoms with Gasteiger partial charge in [-0.2, -0.15) is 26.3 Å². The summed E-state index contributed by atoms with van der Waals surface area (Å²) in [6.45, 7) is 2.97. The van der Waals surface area contributed by atoms with Gasteiger partial charge >= 0.3 is 24.1 Å². The molecule has 3 amide bonds. The normalized spacial score (nSPS) is 19.1. The number of hydrogen-bond acceptors (Lipinski definition) is 6. The molecule has 7 rings (SSSR count). The minimum absolute atomic E-state index is 0.178. The SMILES string of the molecule is Nc1c(C(F)(F)F)cc(C[C@@H](NC(=O)N2CCC(n3c(=O)[nH]c4c5ccccc5ncc43)CC2)C(=O)N2CCC(N3CCCCC3)CC2)cc1C(F)(F)F. The van der Waals surface area contributed by atoms with Crippen molar-refractivity contribution < 1.29 is 35.9 Å². The van der Waals surface area contributed by atoms with Crippen LogP contribution in [0.3, 0.4) is 0 Å². The summed E-state index contributed by atoms with van der Waals surface area (Å²) in [5, 5.41) is 3.45. The number of nitrogen functional groups attached to an aromatic ring is 1. The number of urea groups is 1. The molecule has 3 aliphatic rings. The fraction of sp³-hybridized carbons (Fsp3) is 0.514. The molecule has 0 unspecified atom stereocenters. The number of aromatic nitrogens is 3. The van der Waals surface area contributed by atoms with Gasteiger partial charge in [0.15, 0.2) is 0 Å². The van der Waals surface area contributed by atoms with E-state index in [1.54, 1.807) is 10.8 Å². The van der Waals surface area contributed by atoms with Crippen LogP contribution in [-0.4, -0.2) is 92.5 Å². The van der Waals surface area contributed by atoms with Crippen LogP contribution < -0.4 is 16.7 Å². The lowest BCUT2D eigenvalue weighted by Gasteiger charge is -2.41. The minimum Gasteiger partial charge on any atom is -0.398 e. The second-order valence-corrected chi connectivity index (χ2v) is 14.5. The van der Waals surface area contributed by atoms with Crippen molar-refractivity contribution in [3.05, 3.63) is 69.8 Å². The Bertz CT molecular complexity index is 2040. The highest BCUT2D eigenvalue weighted by atomic mass is 19.4. The summed E-state index contributed by atoms with van der Waals surface area (Å²) in [4.78, 5) is 53.7. The van der Waals surface area contributed by atoms with E-state index in [0.717, 1.165) is 36.8 Å². The van der Waals surface area contributed by atoms with Crippen LogP contribution in [0.15, 0.2) is 47.4 Å². The van der Waals surface area contributed by atoms with Crippen molar-refractivity contribution in [1.29, 1.82) is 0 Å². The van der Waals surface area contributed by atoms with Crippen LogP contribution >= 0.6 is 0 Å². The third kappa shape index (κ3) is 7.59. The molecule has 4 aromatic rings. The topological polar surface area (TPSA) is 133 Å². The number of H-pyrrole nitrogens is 1. The Morgan fingerprint density at radius 3 is 2.07 bits per heavy atom. The number of imidazole rings is 1. The van der Waals surface area contributed by atoms with Gasteiger partial charge in [-0.3, -0.25) is 14.3 Å². The number of pyridine rings is 1. The zero-order valence-electron chi connectivity index (χ0n) is 29.5. The molecule has 5 heterocycles. The average Bonchev–Trinajstić information content (AvgIpc) is 3.50. The molecule has 11 nitrogen and oxygen atoms in total. The van der Waals surface area contributed by atoms with E-state index in [2.05, 4.69) is 20.2 Å². The Hall–Kier alpha value is -4.80. The Morgan fingerprint density at radius 2 is 1.44 bits per heavy atom. The number of piperidine rings is 3. The number of alkyl halides is 6. The number of carbonyl (C=O) groups is 2. The van der Waals surface area contributed by atoms with E-state index in [1.807, 2.05) is 24.3 Å². The van der Waals surface area contributed by atoms with Crippen molar-refractivity contribution in [3.63, 3.8) is 0 Å². The number of nitrogens with one attached hydrogen (secondary N) is 2. The number of amides is 3. The van der Waals surface area contributed by atoms with Crippen molar-refractivity contribution in [2.75, 3.05) is 45.0 Å². The summed E-state index contributed by atoms with van der Waals surface area (Å²) in [6, 6.07) is 6.28. The number of benzene rings is 2. The Morgan fingerprint density at radius 1 is 0.852 bits per heavy atom. The van der Waals surface area contributed by atoms with Crippen LogP contribution in [0, 0.1) is 0 Å². The van der Waals surface area contributed by atoms with Crippen molar-refractivity contribution in [3.8, 4) is 0 Å². The summed E-state index contributed by atoms with van der Waals surface area (Å²) < 4.78 is 85.1. The number of nitrogens with zero attached hydrogens (tertiary/aromatic N) is 5. The van der Waals surface area contributed by atoms with Crippen LogP contribution in [-0.2, 0) is 23.6 Å². The first-order valence-corrected chi connectivity index (χ1v) is 18.3. The largest absolute Gasteiger partial charge is 0.418 e. The summed E-state index contributed by atoms with van der Waals surface area (Å²) in [5.74, 6) is -0.584. The molecule has 2 aromatic heterocycles. The molecule has 0 saturated carbocycles. The monoisotopic (exact) mass is 760 g/mol. The van der Waals surface area contributed by atoms with Crippen molar-refractivity contribution in [2.45, 2.75) is 81.8 Å². The lowest BCUT2D eigenvalue weighted by molar-refractivity contribution is -0.141. The van der Waals surface area contributed by atoms with E-state index < -0.39 is 59.1 Å². The maximum Gasteiger partial charge on any atom is 0.418 e. The second kappa shape index (κ2) is 14.8. The van der Waals surface area contributed by atoms with Gasteiger partial charge in [-0.15, -0.1) is 0 Å². The molecule has 0 spiro atoms. The quantitative estimate of drug-likeness (QED) is 0.165. The molecule has 3 saturated heterocycles. The van der Waals surface area contributed by atoms with Gasteiger partial charge in [0.05, 0.1) is 39.6 Å². The van der Waals surface area contributed by atoms with Gasteiger partial charge in [0, 0.05) is 50.1 Å². The highest BCUT2D eigenvalue weighted by molar-refractivity contribution is 6.01. The van der Waals surface area contributed by atoms with Gasteiger partial charge in [0.25, 0.3) is 0 Å². The fourth-order valence-corrected chi connectivity index (χ4v) is 8.34. The van der Waals surface area contributed by atoms with Crippen LogP contribution in [0.25, 0.3) is 21.9 Å². The lowest BCUT2D eigenvalue weighted by atomic mass is 9.95. The first-order valence-electron chi connectivity index (χ1n) is 18.3. The Labute approximate surface area is 306 Å². The van der Waals surface area contributed by atoms with Crippen molar-refractivity contribution in [1.82, 2.24) is 34.6 Å². The van der Waals surface area contributed by atoms with Crippen LogP contribution in [0.4, 0.5) is 36.8 Å². The van der Waals surface area contributed by atoms with Crippen molar-refractivity contribution >= 4 is 39.6 Å². The van der Waals surface area contributed by atoms with E-state index in [0.29, 0.717) is 61.9 Å². The summed E-state index contributed by atoms with van der Waals surface area (Å²) in [5.41, 5.74) is 1.83. The molecule has 54 heavy (non-hydrogen) atoms. The molecule has 0 aliphatic carbocycles. The molecule has 17 heteroatoms. The number of para-hydroxylation sites is 1. The average molecular weight is 761 g/mol. The van der Waals surface area contributed by atoms with E-state index in [9.17, 15) is 40.7 Å². The molecule has 3 fully saturated rings. The van der Waals surface area contributed by atoms with Crippen LogP contribution in [0.1, 0.15) is 67.7 Å². The third-order valence-electron chi connectivity index (χ3n) is 11.2. The summed E-state index contributed by atoms with van der Waals surface area (Å²) >= 11 is 0. The highest BCUT2D eigenvalue weighted by Gasteiger charge is 2.42. The maximum atomic E-state index is 14.1. The number of rotatable bonds is 6. The molecule has 3 aliphatic heterocycles. The third-order valence-corrected chi connectivity index (χ3v) is 11.2. The fourth-order valence-electron chi connectivity index (χ4n) is 8.34. The number of halogens is 6. The number of aromatic amines is 1. The first-order chi connectivity index (χ1) is 25.7. The number of nitrogens with two attached hydrogens (primary N) is 1. The second-order valence-electron chi connectivity index (χ2n) is 14.5. The van der Waals surface area contributed by atoms with E-state index >= 15 is 0 Å². The van der Waals surface area contributed by atoms with Gasteiger partial charge in [0.2, 0.25) is 5.91 Å². The van der Waals surface area contributed by atoms with Gasteiger partial charge in [-0.1, -0.05) is 24.6 Å². The van der Waals surface area contributed by atoms with E-state index in [1.165, 1.54) is 16.2 Å². The van der Waals surface area contributed by atoms with Gasteiger partial charge in [0.1, 0.15) is 6.04 Å². The summed E-state index contributed by atoms with van der Waals surface area (Å²) in [7, 11) is 0. The first kappa shape index (κ1) is 37.5. The smallest absolute Gasteiger partial charge is 0.398 e. The van der Waals surface area contributed by atoms with E-state index in [4.69, 9.17) is 5.73 Å². The number of likely N-dealkylation sites (tertiary alicyclic amines) is 3. The molecular formula is C37H42F6N8O3. The minimum atomic E-state index is -5.19. The van der Waals surface area contributed by atoms with Crippen LogP contribution in [0.5, 0.6) is 0 Å². The Kier molecular flexibility index (Phi) is 10.3. The van der Waals surface area contributed by atoms with E-state index in [-0.39, 0.29) is 30.9 Å². The molecule has 0 radical (unpaired) electrons. The van der Waals surface area contributed by atoms with Gasteiger partial charge in [-0.25, -0.2) is 9.59 Å². The van der Waals surface area contributed by atoms with Crippen molar-refractivity contribution in [2.24, 2.45) is 0 Å². The molecule has 2 aromatic carbocycles. The van der Waals surface area contributed by atoms with Gasteiger partial charge in [-0.05, 0) is 75.4 Å². The molecular weight excluding hydrogens is 718 g/mol. The number of hydrogen-bond donors (Lipinski definition) is 3. The zero-order chi connectivity index (χ0) is 38.4. The maximum absolute atomic E-state index is 14.1. The number of carbonyl (C=O) groups excluding carboxylic acids is 2. The number of anilines is 1. The Balaban J connectivity index is 1.10. The molecule has 0 bridgehead atoms. The molecule has 4 N–H and O–H groups in total. The zero-order valence-corrected chi connectivity index (χ0v) is 29.5.